The normalized spacial score (nSPS) is 18.2. The standard InChI is InChI=1S/C17H23N3O/c1-13(12-18)8-9-15-19-16(20-21-15)17(10-5-11-17)14-6-3-2-4-7-14/h2-4,6-7,13H,5,8-12,18H2,1H3. The highest BCUT2D eigenvalue weighted by atomic mass is 16.5. The van der Waals surface area contributed by atoms with Gasteiger partial charge in [-0.05, 0) is 37.3 Å². The Bertz CT molecular complexity index is 575. The number of aromatic nitrogens is 2. The molecule has 0 spiro atoms. The molecule has 21 heavy (non-hydrogen) atoms. The molecule has 112 valence electrons. The molecule has 0 saturated heterocycles. The van der Waals surface area contributed by atoms with Gasteiger partial charge in [-0.25, -0.2) is 0 Å². The minimum atomic E-state index is -0.0253. The van der Waals surface area contributed by atoms with Crippen molar-refractivity contribution in [3.63, 3.8) is 0 Å². The predicted molar refractivity (Wildman–Crippen MR) is 81.9 cm³/mol. The van der Waals surface area contributed by atoms with E-state index in [1.54, 1.807) is 0 Å². The van der Waals surface area contributed by atoms with Gasteiger partial charge in [0.05, 0.1) is 5.41 Å². The lowest BCUT2D eigenvalue weighted by atomic mass is 9.64. The van der Waals surface area contributed by atoms with Crippen LogP contribution in [-0.2, 0) is 11.8 Å². The summed E-state index contributed by atoms with van der Waals surface area (Å²) < 4.78 is 5.46. The van der Waals surface area contributed by atoms with Crippen molar-refractivity contribution in [3.05, 3.63) is 47.6 Å². The van der Waals surface area contributed by atoms with Crippen molar-refractivity contribution >= 4 is 0 Å². The summed E-state index contributed by atoms with van der Waals surface area (Å²) in [4.78, 5) is 4.67. The van der Waals surface area contributed by atoms with Crippen LogP contribution in [0.4, 0.5) is 0 Å². The van der Waals surface area contributed by atoms with E-state index in [0.717, 1.165) is 37.4 Å². The molecule has 1 aliphatic rings. The Labute approximate surface area is 125 Å². The zero-order chi connectivity index (χ0) is 14.7. The third-order valence-corrected chi connectivity index (χ3v) is 4.68. The van der Waals surface area contributed by atoms with E-state index in [0.29, 0.717) is 12.5 Å². The van der Waals surface area contributed by atoms with Gasteiger partial charge in [-0.3, -0.25) is 0 Å². The van der Waals surface area contributed by atoms with Crippen LogP contribution in [0.1, 0.15) is 49.9 Å². The van der Waals surface area contributed by atoms with E-state index < -0.39 is 0 Å². The van der Waals surface area contributed by atoms with E-state index in [1.165, 1.54) is 12.0 Å². The smallest absolute Gasteiger partial charge is 0.226 e. The summed E-state index contributed by atoms with van der Waals surface area (Å²) in [5.74, 6) is 2.09. The van der Waals surface area contributed by atoms with Crippen LogP contribution in [0.25, 0.3) is 0 Å². The van der Waals surface area contributed by atoms with Crippen LogP contribution in [0.2, 0.25) is 0 Å². The first-order valence-electron chi connectivity index (χ1n) is 7.83. The summed E-state index contributed by atoms with van der Waals surface area (Å²) in [6.45, 7) is 2.85. The second kappa shape index (κ2) is 5.98. The van der Waals surface area contributed by atoms with Gasteiger partial charge in [-0.1, -0.05) is 48.8 Å². The number of aryl methyl sites for hydroxylation is 1. The molecule has 1 aromatic carbocycles. The van der Waals surface area contributed by atoms with Crippen molar-refractivity contribution in [1.82, 2.24) is 10.1 Å². The zero-order valence-electron chi connectivity index (χ0n) is 12.6. The van der Waals surface area contributed by atoms with E-state index in [-0.39, 0.29) is 5.41 Å². The number of nitrogens with zero attached hydrogens (tertiary/aromatic N) is 2. The van der Waals surface area contributed by atoms with Gasteiger partial charge in [0.1, 0.15) is 0 Å². The fourth-order valence-electron chi connectivity index (χ4n) is 2.97. The Morgan fingerprint density at radius 3 is 2.67 bits per heavy atom. The molecule has 0 bridgehead atoms. The van der Waals surface area contributed by atoms with Crippen LogP contribution in [0.5, 0.6) is 0 Å². The van der Waals surface area contributed by atoms with Crippen LogP contribution < -0.4 is 5.73 Å². The lowest BCUT2D eigenvalue weighted by Crippen LogP contribution is -2.36. The predicted octanol–water partition coefficient (Wildman–Crippen LogP) is 3.07. The maximum Gasteiger partial charge on any atom is 0.226 e. The van der Waals surface area contributed by atoms with Crippen molar-refractivity contribution in [3.8, 4) is 0 Å². The van der Waals surface area contributed by atoms with E-state index in [1.807, 2.05) is 6.07 Å². The number of rotatable bonds is 6. The van der Waals surface area contributed by atoms with Crippen molar-refractivity contribution in [1.29, 1.82) is 0 Å². The molecule has 2 aromatic rings. The van der Waals surface area contributed by atoms with Crippen LogP contribution in [0.15, 0.2) is 34.9 Å². The molecule has 2 N–H and O–H groups in total. The topological polar surface area (TPSA) is 64.9 Å². The third kappa shape index (κ3) is 2.72. The SMILES string of the molecule is CC(CN)CCc1nc(C2(c3ccccc3)CCC2)no1. The number of benzene rings is 1. The largest absolute Gasteiger partial charge is 0.339 e. The minimum Gasteiger partial charge on any atom is -0.339 e. The molecule has 0 amide bonds. The lowest BCUT2D eigenvalue weighted by Gasteiger charge is -2.39. The average Bonchev–Trinajstić information content (AvgIpc) is 2.94. The summed E-state index contributed by atoms with van der Waals surface area (Å²) in [6.07, 6.45) is 5.25. The highest BCUT2D eigenvalue weighted by molar-refractivity contribution is 5.35. The van der Waals surface area contributed by atoms with Gasteiger partial charge in [0.15, 0.2) is 5.82 Å². The molecule has 1 fully saturated rings. The molecule has 4 nitrogen and oxygen atoms in total. The van der Waals surface area contributed by atoms with E-state index in [4.69, 9.17) is 10.3 Å². The molecule has 1 aromatic heterocycles. The number of nitrogens with two attached hydrogens (primary N) is 1. The summed E-state index contributed by atoms with van der Waals surface area (Å²) in [7, 11) is 0. The highest BCUT2D eigenvalue weighted by Crippen LogP contribution is 2.47. The second-order valence-corrected chi connectivity index (χ2v) is 6.19. The first kappa shape index (κ1) is 14.3. The van der Waals surface area contributed by atoms with Crippen LogP contribution >= 0.6 is 0 Å². The van der Waals surface area contributed by atoms with Crippen molar-refractivity contribution in [2.75, 3.05) is 6.54 Å². The molecule has 1 unspecified atom stereocenters. The van der Waals surface area contributed by atoms with Gasteiger partial charge in [-0.2, -0.15) is 4.98 Å². The quantitative estimate of drug-likeness (QED) is 0.886. The maximum absolute atomic E-state index is 5.65. The minimum absolute atomic E-state index is 0.0253. The maximum atomic E-state index is 5.65. The molecule has 1 saturated carbocycles. The Morgan fingerprint density at radius 1 is 1.29 bits per heavy atom. The van der Waals surface area contributed by atoms with Crippen LogP contribution in [0.3, 0.4) is 0 Å². The van der Waals surface area contributed by atoms with E-state index in [9.17, 15) is 0 Å². The Hall–Kier alpha value is -1.68. The molecule has 1 atom stereocenters. The second-order valence-electron chi connectivity index (χ2n) is 6.19. The monoisotopic (exact) mass is 285 g/mol. The lowest BCUT2D eigenvalue weighted by molar-refractivity contribution is 0.270. The molecule has 3 rings (SSSR count). The summed E-state index contributed by atoms with van der Waals surface area (Å²) in [5.41, 5.74) is 6.93. The first-order chi connectivity index (χ1) is 10.2. The van der Waals surface area contributed by atoms with Gasteiger partial charge in [0.2, 0.25) is 5.89 Å². The Kier molecular flexibility index (Phi) is 4.06. The third-order valence-electron chi connectivity index (χ3n) is 4.68. The van der Waals surface area contributed by atoms with Crippen LogP contribution in [-0.4, -0.2) is 16.7 Å². The Morgan fingerprint density at radius 2 is 2.05 bits per heavy atom. The Balaban J connectivity index is 1.78. The van der Waals surface area contributed by atoms with E-state index in [2.05, 4.69) is 41.3 Å². The molecule has 0 radical (unpaired) electrons. The van der Waals surface area contributed by atoms with Crippen LogP contribution in [0, 0.1) is 5.92 Å². The van der Waals surface area contributed by atoms with Crippen molar-refractivity contribution < 1.29 is 4.52 Å². The number of hydrogen-bond acceptors (Lipinski definition) is 4. The summed E-state index contributed by atoms with van der Waals surface area (Å²) in [6, 6.07) is 10.6. The van der Waals surface area contributed by atoms with Crippen molar-refractivity contribution in [2.24, 2.45) is 11.7 Å². The molecule has 1 aliphatic carbocycles. The summed E-state index contributed by atoms with van der Waals surface area (Å²) >= 11 is 0. The van der Waals surface area contributed by atoms with E-state index >= 15 is 0 Å². The fraction of sp³-hybridized carbons (Fsp3) is 0.529. The zero-order valence-corrected chi connectivity index (χ0v) is 12.6. The van der Waals surface area contributed by atoms with Gasteiger partial charge < -0.3 is 10.3 Å². The van der Waals surface area contributed by atoms with Gasteiger partial charge in [0.25, 0.3) is 0 Å². The first-order valence-corrected chi connectivity index (χ1v) is 7.83. The number of hydrogen-bond donors (Lipinski definition) is 1. The highest BCUT2D eigenvalue weighted by Gasteiger charge is 2.44. The van der Waals surface area contributed by atoms with Gasteiger partial charge in [0, 0.05) is 6.42 Å². The average molecular weight is 285 g/mol. The fourth-order valence-corrected chi connectivity index (χ4v) is 2.97. The molecule has 4 heteroatoms. The van der Waals surface area contributed by atoms with Crippen molar-refractivity contribution in [2.45, 2.75) is 44.4 Å². The summed E-state index contributed by atoms with van der Waals surface area (Å²) in [5, 5.41) is 4.27. The molecular weight excluding hydrogens is 262 g/mol. The molecule has 0 aliphatic heterocycles. The molecular formula is C17H23N3O. The van der Waals surface area contributed by atoms with Gasteiger partial charge >= 0.3 is 0 Å². The molecule has 1 heterocycles. The van der Waals surface area contributed by atoms with Gasteiger partial charge in [-0.15, -0.1) is 0 Å².